The number of anilines is 1. The molecule has 4 nitrogen and oxygen atoms in total. The maximum absolute atomic E-state index is 11.5. The highest BCUT2D eigenvalue weighted by Crippen LogP contribution is 2.24. The summed E-state index contributed by atoms with van der Waals surface area (Å²) < 4.78 is 5.11. The van der Waals surface area contributed by atoms with Crippen LogP contribution in [0, 0.1) is 6.57 Å². The van der Waals surface area contributed by atoms with E-state index in [-0.39, 0.29) is 0 Å². The second-order valence-corrected chi connectivity index (χ2v) is 4.27. The van der Waals surface area contributed by atoms with E-state index in [0.29, 0.717) is 11.4 Å². The van der Waals surface area contributed by atoms with Gasteiger partial charge in [0.15, 0.2) is 0 Å². The van der Waals surface area contributed by atoms with Gasteiger partial charge in [0.2, 0.25) is 0 Å². The number of nitrogens with one attached hydrogen (secondary N) is 1. The maximum atomic E-state index is 11.5. The zero-order valence-electron chi connectivity index (χ0n) is 9.65. The van der Waals surface area contributed by atoms with Crippen molar-refractivity contribution in [2.45, 2.75) is 26.4 Å². The fraction of sp³-hybridized carbons (Fsp3) is 0.333. The Bertz CT molecular complexity index is 427. The number of benzene rings is 1. The van der Waals surface area contributed by atoms with Gasteiger partial charge in [0, 0.05) is 6.07 Å². The third-order valence-electron chi connectivity index (χ3n) is 1.68. The average molecular weight is 219 g/mol. The van der Waals surface area contributed by atoms with Gasteiger partial charge in [-0.3, -0.25) is 5.32 Å². The highest BCUT2D eigenvalue weighted by Gasteiger charge is 2.18. The first kappa shape index (κ1) is 12.1. The van der Waals surface area contributed by atoms with E-state index in [9.17, 15) is 4.79 Å². The van der Waals surface area contributed by atoms with Gasteiger partial charge in [0.05, 0.1) is 0 Å². The number of hydrogen-bond donors (Lipinski definition) is 1. The summed E-state index contributed by atoms with van der Waals surface area (Å²) in [5.74, 6) is 0. The molecular formula is C12H15N2O2+. The molecule has 0 saturated heterocycles. The quantitative estimate of drug-likeness (QED) is 0.783. The van der Waals surface area contributed by atoms with Crippen molar-refractivity contribution in [2.24, 2.45) is 0 Å². The van der Waals surface area contributed by atoms with E-state index >= 15 is 0 Å². The van der Waals surface area contributed by atoms with Crippen molar-refractivity contribution in [3.8, 4) is 6.57 Å². The number of nitrogens with zero attached hydrogens (tertiary/aromatic N) is 1. The van der Waals surface area contributed by atoms with Crippen LogP contribution in [0.4, 0.5) is 16.2 Å². The molecule has 1 amide bonds. The summed E-state index contributed by atoms with van der Waals surface area (Å²) in [7, 11) is 0. The summed E-state index contributed by atoms with van der Waals surface area (Å²) in [6.07, 6.45) is -0.524. The van der Waals surface area contributed by atoms with Crippen LogP contribution in [-0.4, -0.2) is 11.7 Å². The molecule has 0 unspecified atom stereocenters. The number of carbonyl (C=O) groups excluding carboxylic acids is 1. The molecule has 0 saturated carbocycles. The number of rotatable bonds is 1. The van der Waals surface area contributed by atoms with Gasteiger partial charge in [0.1, 0.15) is 11.3 Å². The van der Waals surface area contributed by atoms with Crippen molar-refractivity contribution in [3.05, 3.63) is 29.1 Å². The van der Waals surface area contributed by atoms with Crippen molar-refractivity contribution in [1.29, 1.82) is 0 Å². The molecule has 84 valence electrons. The molecule has 0 aliphatic heterocycles. The fourth-order valence-electron chi connectivity index (χ4n) is 1.11. The number of amides is 1. The zero-order valence-corrected chi connectivity index (χ0v) is 9.65. The van der Waals surface area contributed by atoms with E-state index < -0.39 is 11.7 Å². The Hall–Kier alpha value is -2.02. The van der Waals surface area contributed by atoms with Crippen molar-refractivity contribution in [2.75, 3.05) is 5.32 Å². The minimum atomic E-state index is -0.529. The molecule has 1 N–H and O–H groups in total. The third-order valence-corrected chi connectivity index (χ3v) is 1.68. The van der Waals surface area contributed by atoms with E-state index in [4.69, 9.17) is 11.3 Å². The molecule has 0 aliphatic carbocycles. The molecular weight excluding hydrogens is 204 g/mol. The number of ether oxygens (including phenoxy) is 1. The van der Waals surface area contributed by atoms with E-state index in [1.165, 1.54) is 0 Å². The zero-order chi connectivity index (χ0) is 12.2. The van der Waals surface area contributed by atoms with Crippen LogP contribution in [0.15, 0.2) is 24.3 Å². The van der Waals surface area contributed by atoms with Gasteiger partial charge in [-0.15, -0.1) is 0 Å². The second kappa shape index (κ2) is 4.67. The van der Waals surface area contributed by atoms with Crippen LogP contribution in [-0.2, 0) is 4.74 Å². The highest BCUT2D eigenvalue weighted by molar-refractivity contribution is 5.89. The van der Waals surface area contributed by atoms with E-state index in [2.05, 4.69) is 10.2 Å². The van der Waals surface area contributed by atoms with Crippen molar-refractivity contribution in [3.63, 3.8) is 0 Å². The molecule has 1 aromatic rings. The lowest BCUT2D eigenvalue weighted by Gasteiger charge is -2.19. The summed E-state index contributed by atoms with van der Waals surface area (Å²) in [5.41, 5.74) is 0.506. The minimum Gasteiger partial charge on any atom is -0.444 e. The van der Waals surface area contributed by atoms with E-state index in [0.717, 1.165) is 0 Å². The van der Waals surface area contributed by atoms with Gasteiger partial charge in [-0.25, -0.2) is 4.79 Å². The van der Waals surface area contributed by atoms with Gasteiger partial charge in [-0.1, -0.05) is 12.1 Å². The Kier molecular flexibility index (Phi) is 3.51. The number of carbonyl (C=O) groups is 1. The Balaban J connectivity index is 2.75. The van der Waals surface area contributed by atoms with Gasteiger partial charge in [-0.05, 0) is 31.7 Å². The first-order valence-corrected chi connectivity index (χ1v) is 4.92. The van der Waals surface area contributed by atoms with Crippen LogP contribution < -0.4 is 5.32 Å². The summed E-state index contributed by atoms with van der Waals surface area (Å²) in [6, 6.07) is 6.97. The van der Waals surface area contributed by atoms with E-state index in [1.54, 1.807) is 45.0 Å². The normalized spacial score (nSPS) is 10.4. The number of hydrogen-bond acceptors (Lipinski definition) is 2. The van der Waals surface area contributed by atoms with Crippen molar-refractivity contribution in [1.82, 2.24) is 0 Å². The Labute approximate surface area is 95.0 Å². The second-order valence-electron chi connectivity index (χ2n) is 4.27. The maximum Gasteiger partial charge on any atom is 0.412 e. The molecule has 0 atom stereocenters. The Morgan fingerprint density at radius 2 is 2.00 bits per heavy atom. The van der Waals surface area contributed by atoms with Gasteiger partial charge >= 0.3 is 11.8 Å². The molecule has 0 heterocycles. The standard InChI is InChI=1S/C12H14N2O2/c1-12(2,3)16-11(15)14-10-8-6-5-7-9(10)13-4/h4-8H,1-3H3/p+1. The van der Waals surface area contributed by atoms with Gasteiger partial charge in [0.25, 0.3) is 6.57 Å². The topological polar surface area (TPSA) is 42.7 Å². The van der Waals surface area contributed by atoms with Crippen LogP contribution in [0.3, 0.4) is 0 Å². The molecule has 0 bridgehead atoms. The average Bonchev–Trinajstić information content (AvgIpc) is 2.15. The lowest BCUT2D eigenvalue weighted by molar-refractivity contribution is 0.0636. The fourth-order valence-corrected chi connectivity index (χ4v) is 1.11. The smallest absolute Gasteiger partial charge is 0.412 e. The molecule has 0 aliphatic rings. The van der Waals surface area contributed by atoms with Crippen LogP contribution in [0.1, 0.15) is 20.8 Å². The predicted octanol–water partition coefficient (Wildman–Crippen LogP) is 3.63. The molecule has 0 radical (unpaired) electrons. The van der Waals surface area contributed by atoms with Crippen LogP contribution in [0.2, 0.25) is 0 Å². The first-order chi connectivity index (χ1) is 7.42. The predicted molar refractivity (Wildman–Crippen MR) is 64.3 cm³/mol. The number of para-hydroxylation sites is 2. The molecule has 16 heavy (non-hydrogen) atoms. The molecule has 4 heteroatoms. The summed E-state index contributed by atoms with van der Waals surface area (Å²) in [6.45, 7) is 10.6. The van der Waals surface area contributed by atoms with Crippen LogP contribution in [0.25, 0.3) is 4.85 Å². The molecule has 1 aromatic carbocycles. The minimum absolute atomic E-state index is 0.508. The van der Waals surface area contributed by atoms with Gasteiger partial charge in [-0.2, -0.15) is 0 Å². The Morgan fingerprint density at radius 1 is 1.38 bits per heavy atom. The molecule has 1 rings (SSSR count). The third kappa shape index (κ3) is 3.62. The summed E-state index contributed by atoms with van der Waals surface area (Å²) in [4.78, 5) is 15.0. The van der Waals surface area contributed by atoms with Crippen molar-refractivity contribution < 1.29 is 9.53 Å². The molecule has 0 aromatic heterocycles. The summed E-state index contributed by atoms with van der Waals surface area (Å²) >= 11 is 0. The van der Waals surface area contributed by atoms with E-state index in [1.807, 2.05) is 0 Å². The Morgan fingerprint density at radius 3 is 2.56 bits per heavy atom. The lowest BCUT2D eigenvalue weighted by Crippen LogP contribution is -2.27. The highest BCUT2D eigenvalue weighted by atomic mass is 16.6. The monoisotopic (exact) mass is 219 g/mol. The largest absolute Gasteiger partial charge is 0.444 e. The molecule has 0 spiro atoms. The lowest BCUT2D eigenvalue weighted by atomic mass is 10.2. The van der Waals surface area contributed by atoms with Crippen molar-refractivity contribution >= 4 is 17.5 Å². The van der Waals surface area contributed by atoms with Gasteiger partial charge < -0.3 is 4.74 Å². The first-order valence-electron chi connectivity index (χ1n) is 4.92. The van der Waals surface area contributed by atoms with Crippen LogP contribution in [0.5, 0.6) is 0 Å². The van der Waals surface area contributed by atoms with Crippen LogP contribution >= 0.6 is 0 Å². The molecule has 0 fully saturated rings. The SMILES string of the molecule is C#[N+]c1ccccc1NC(=O)OC(C)(C)C. The summed E-state index contributed by atoms with van der Waals surface area (Å²) in [5, 5.41) is 2.58.